The van der Waals surface area contributed by atoms with Crippen LogP contribution in [0.15, 0.2) is 0 Å². The van der Waals surface area contributed by atoms with Gasteiger partial charge in [0.25, 0.3) is 0 Å². The van der Waals surface area contributed by atoms with E-state index >= 15 is 0 Å². The van der Waals surface area contributed by atoms with Crippen LogP contribution in [0, 0.1) is 5.92 Å². The maximum atomic E-state index is 6.00. The lowest BCUT2D eigenvalue weighted by molar-refractivity contribution is 0.121. The van der Waals surface area contributed by atoms with Crippen LogP contribution in [0.5, 0.6) is 0 Å². The van der Waals surface area contributed by atoms with Gasteiger partial charge in [0.1, 0.15) is 0 Å². The summed E-state index contributed by atoms with van der Waals surface area (Å²) in [7, 11) is 2.30. The van der Waals surface area contributed by atoms with E-state index in [4.69, 9.17) is 5.73 Å². The van der Waals surface area contributed by atoms with E-state index in [1.807, 2.05) is 0 Å². The standard InChI is InChI=1S/C9H16N2/c1-11-8-2-6-4-9(6,11)5-7(10)3-8/h6-8H,2-5,10H2,1H3. The van der Waals surface area contributed by atoms with Crippen LogP contribution in [0.3, 0.4) is 0 Å². The van der Waals surface area contributed by atoms with Crippen molar-refractivity contribution in [3.8, 4) is 0 Å². The number of nitrogens with two attached hydrogens (primary N) is 1. The molecule has 1 saturated carbocycles. The molecule has 2 saturated heterocycles. The second-order valence-corrected chi connectivity index (χ2v) is 4.70. The van der Waals surface area contributed by atoms with Crippen LogP contribution in [-0.4, -0.2) is 29.6 Å². The van der Waals surface area contributed by atoms with Crippen LogP contribution >= 0.6 is 0 Å². The highest BCUT2D eigenvalue weighted by atomic mass is 15.3. The molecule has 0 aromatic rings. The molecule has 2 heterocycles. The number of nitrogens with zero attached hydrogens (tertiary/aromatic N) is 1. The van der Waals surface area contributed by atoms with Gasteiger partial charge >= 0.3 is 0 Å². The summed E-state index contributed by atoms with van der Waals surface area (Å²) >= 11 is 0. The summed E-state index contributed by atoms with van der Waals surface area (Å²) in [5, 5.41) is 0. The molecule has 0 amide bonds. The minimum Gasteiger partial charge on any atom is -0.328 e. The van der Waals surface area contributed by atoms with Crippen molar-refractivity contribution in [2.75, 3.05) is 7.05 Å². The second kappa shape index (κ2) is 1.64. The van der Waals surface area contributed by atoms with Gasteiger partial charge in [-0.25, -0.2) is 0 Å². The third-order valence-electron chi connectivity index (χ3n) is 4.20. The molecular formula is C9H16N2. The van der Waals surface area contributed by atoms with Gasteiger partial charge in [-0.15, -0.1) is 0 Å². The molecule has 11 heavy (non-hydrogen) atoms. The zero-order valence-electron chi connectivity index (χ0n) is 7.09. The molecule has 3 fully saturated rings. The summed E-state index contributed by atoms with van der Waals surface area (Å²) in [5.74, 6) is 1.02. The molecule has 62 valence electrons. The number of hydrogen-bond donors (Lipinski definition) is 1. The Bertz CT molecular complexity index is 202. The van der Waals surface area contributed by atoms with Gasteiger partial charge in [-0.2, -0.15) is 0 Å². The van der Waals surface area contributed by atoms with Crippen LogP contribution in [0.4, 0.5) is 0 Å². The van der Waals surface area contributed by atoms with Gasteiger partial charge in [0.2, 0.25) is 0 Å². The highest BCUT2D eigenvalue weighted by molar-refractivity contribution is 5.21. The van der Waals surface area contributed by atoms with E-state index in [0.29, 0.717) is 11.6 Å². The quantitative estimate of drug-likeness (QED) is 0.550. The highest BCUT2D eigenvalue weighted by Crippen LogP contribution is 2.62. The van der Waals surface area contributed by atoms with Gasteiger partial charge in [0.15, 0.2) is 0 Å². The molecule has 2 nitrogen and oxygen atoms in total. The lowest BCUT2D eigenvalue weighted by Crippen LogP contribution is -2.49. The molecule has 3 rings (SSSR count). The maximum Gasteiger partial charge on any atom is 0.0256 e. The molecule has 4 unspecified atom stereocenters. The van der Waals surface area contributed by atoms with Crippen LogP contribution in [0.25, 0.3) is 0 Å². The molecule has 2 heteroatoms. The fourth-order valence-electron chi connectivity index (χ4n) is 3.49. The summed E-state index contributed by atoms with van der Waals surface area (Å²) in [4.78, 5) is 2.61. The Morgan fingerprint density at radius 2 is 2.18 bits per heavy atom. The Morgan fingerprint density at radius 1 is 1.36 bits per heavy atom. The van der Waals surface area contributed by atoms with Gasteiger partial charge < -0.3 is 5.73 Å². The van der Waals surface area contributed by atoms with Crippen molar-refractivity contribution >= 4 is 0 Å². The number of hydrogen-bond acceptors (Lipinski definition) is 2. The Balaban J connectivity index is 1.95. The largest absolute Gasteiger partial charge is 0.328 e. The van der Waals surface area contributed by atoms with Crippen molar-refractivity contribution in [2.24, 2.45) is 11.7 Å². The monoisotopic (exact) mass is 152 g/mol. The third-order valence-corrected chi connectivity index (χ3v) is 4.20. The Hall–Kier alpha value is -0.0800. The van der Waals surface area contributed by atoms with Crippen LogP contribution in [0.2, 0.25) is 0 Å². The molecule has 2 N–H and O–H groups in total. The summed E-state index contributed by atoms with van der Waals surface area (Å²) in [5.41, 5.74) is 6.60. The molecule has 2 bridgehead atoms. The van der Waals surface area contributed by atoms with Crippen LogP contribution in [-0.2, 0) is 0 Å². The van der Waals surface area contributed by atoms with E-state index in [1.165, 1.54) is 25.7 Å². The number of rotatable bonds is 0. The molecule has 3 aliphatic rings. The first-order valence-electron chi connectivity index (χ1n) is 4.71. The van der Waals surface area contributed by atoms with Gasteiger partial charge in [-0.05, 0) is 38.6 Å². The molecule has 0 aromatic heterocycles. The molecule has 0 aromatic carbocycles. The average molecular weight is 152 g/mol. The van der Waals surface area contributed by atoms with E-state index < -0.39 is 0 Å². The van der Waals surface area contributed by atoms with Crippen LogP contribution in [0.1, 0.15) is 25.7 Å². The maximum absolute atomic E-state index is 6.00. The van der Waals surface area contributed by atoms with Gasteiger partial charge in [0.05, 0.1) is 0 Å². The van der Waals surface area contributed by atoms with Gasteiger partial charge in [-0.1, -0.05) is 0 Å². The summed E-state index contributed by atoms with van der Waals surface area (Å²) in [6.07, 6.45) is 5.39. The summed E-state index contributed by atoms with van der Waals surface area (Å²) < 4.78 is 0. The van der Waals surface area contributed by atoms with E-state index in [-0.39, 0.29) is 0 Å². The van der Waals surface area contributed by atoms with Crippen molar-refractivity contribution in [3.05, 3.63) is 0 Å². The van der Waals surface area contributed by atoms with Gasteiger partial charge in [0, 0.05) is 17.6 Å². The second-order valence-electron chi connectivity index (χ2n) is 4.70. The SMILES string of the molecule is CN1C2CC(N)CC13CC3C2. The molecule has 4 atom stereocenters. The fraction of sp³-hybridized carbons (Fsp3) is 1.00. The first-order valence-corrected chi connectivity index (χ1v) is 4.71. The van der Waals surface area contributed by atoms with Crippen molar-refractivity contribution < 1.29 is 0 Å². The van der Waals surface area contributed by atoms with Crippen molar-refractivity contribution in [3.63, 3.8) is 0 Å². The lowest BCUT2D eigenvalue weighted by atomic mass is 9.94. The van der Waals surface area contributed by atoms with Gasteiger partial charge in [-0.3, -0.25) is 4.90 Å². The number of fused-ring (bicyclic) bond motifs is 1. The molecule has 1 aliphatic carbocycles. The summed E-state index contributed by atoms with van der Waals surface area (Å²) in [6.45, 7) is 0. The highest BCUT2D eigenvalue weighted by Gasteiger charge is 2.65. The van der Waals surface area contributed by atoms with Crippen LogP contribution < -0.4 is 5.73 Å². The lowest BCUT2D eigenvalue weighted by Gasteiger charge is -2.38. The number of piperidine rings is 2. The Morgan fingerprint density at radius 3 is 2.91 bits per heavy atom. The van der Waals surface area contributed by atoms with E-state index in [0.717, 1.165) is 12.0 Å². The van der Waals surface area contributed by atoms with Crippen molar-refractivity contribution in [2.45, 2.75) is 43.3 Å². The van der Waals surface area contributed by atoms with E-state index in [2.05, 4.69) is 11.9 Å². The predicted octanol–water partition coefficient (Wildman–Crippen LogP) is 0.570. The van der Waals surface area contributed by atoms with E-state index in [1.54, 1.807) is 0 Å². The topological polar surface area (TPSA) is 29.3 Å². The molecule has 1 spiro atoms. The summed E-state index contributed by atoms with van der Waals surface area (Å²) in [6, 6.07) is 1.33. The minimum absolute atomic E-state index is 0.503. The van der Waals surface area contributed by atoms with Crippen molar-refractivity contribution in [1.82, 2.24) is 4.90 Å². The van der Waals surface area contributed by atoms with Crippen molar-refractivity contribution in [1.29, 1.82) is 0 Å². The first-order chi connectivity index (χ1) is 5.22. The predicted molar refractivity (Wildman–Crippen MR) is 44.2 cm³/mol. The smallest absolute Gasteiger partial charge is 0.0256 e. The zero-order chi connectivity index (χ0) is 7.64. The molecule has 0 radical (unpaired) electrons. The zero-order valence-corrected chi connectivity index (χ0v) is 7.09. The fourth-order valence-corrected chi connectivity index (χ4v) is 3.49. The molecule has 2 aliphatic heterocycles. The Kier molecular flexibility index (Phi) is 0.961. The third kappa shape index (κ3) is 0.611. The minimum atomic E-state index is 0.503. The normalized spacial score (nSPS) is 61.1. The van der Waals surface area contributed by atoms with E-state index in [9.17, 15) is 0 Å². The Labute approximate surface area is 67.7 Å². The first kappa shape index (κ1) is 6.44. The average Bonchev–Trinajstić information content (AvgIpc) is 2.53. The molecular weight excluding hydrogens is 136 g/mol.